The van der Waals surface area contributed by atoms with Gasteiger partial charge in [-0.05, 0) is 17.7 Å². The van der Waals surface area contributed by atoms with E-state index in [-0.39, 0.29) is 23.3 Å². The number of nitrogens with one attached hydrogen (secondary N) is 1. The molecule has 0 unspecified atom stereocenters. The number of hydrogen-bond donors (Lipinski definition) is 1. The summed E-state index contributed by atoms with van der Waals surface area (Å²) in [6, 6.07) is 3.01. The number of halogens is 2. The molecule has 10 heteroatoms. The molecule has 26 heavy (non-hydrogen) atoms. The van der Waals surface area contributed by atoms with E-state index in [1.807, 2.05) is 0 Å². The minimum atomic E-state index is -0.630. The molecule has 0 saturated heterocycles. The Morgan fingerprint density at radius 2 is 2.23 bits per heavy atom. The van der Waals surface area contributed by atoms with Crippen LogP contribution in [0.15, 0.2) is 42.3 Å². The standard InChI is InChI=1S/C16H10ClFN6OS/c17-13-11(18)4-9(5-20-13)6-21-15(25)12-8-26-16(23-12)10-7-22-24-3-1-2-19-14(10)24/h1-5,7-8H,6H2,(H,21,25). The van der Waals surface area contributed by atoms with Gasteiger partial charge in [-0.1, -0.05) is 11.6 Å². The number of fused-ring (bicyclic) bond motifs is 1. The maximum Gasteiger partial charge on any atom is 0.271 e. The van der Waals surface area contributed by atoms with Crippen molar-refractivity contribution in [2.45, 2.75) is 6.54 Å². The Hall–Kier alpha value is -2.91. The van der Waals surface area contributed by atoms with E-state index >= 15 is 0 Å². The van der Waals surface area contributed by atoms with Crippen LogP contribution in [0.1, 0.15) is 16.1 Å². The van der Waals surface area contributed by atoms with Gasteiger partial charge in [-0.25, -0.2) is 23.9 Å². The van der Waals surface area contributed by atoms with Gasteiger partial charge in [0, 0.05) is 30.5 Å². The first kappa shape index (κ1) is 16.6. The van der Waals surface area contributed by atoms with Crippen molar-refractivity contribution >= 4 is 34.5 Å². The van der Waals surface area contributed by atoms with Crippen molar-refractivity contribution in [1.29, 1.82) is 0 Å². The second kappa shape index (κ2) is 6.77. The third-order valence-electron chi connectivity index (χ3n) is 3.55. The van der Waals surface area contributed by atoms with Gasteiger partial charge < -0.3 is 5.32 Å². The monoisotopic (exact) mass is 388 g/mol. The molecule has 0 bridgehead atoms. The zero-order chi connectivity index (χ0) is 18.1. The lowest BCUT2D eigenvalue weighted by Gasteiger charge is -2.03. The molecule has 4 aromatic heterocycles. The molecule has 0 aliphatic heterocycles. The van der Waals surface area contributed by atoms with E-state index in [1.165, 1.54) is 23.6 Å². The number of hydrogen-bond acceptors (Lipinski definition) is 6. The Morgan fingerprint density at radius 1 is 1.35 bits per heavy atom. The molecule has 130 valence electrons. The van der Waals surface area contributed by atoms with Gasteiger partial charge in [0.25, 0.3) is 5.91 Å². The number of carbonyl (C=O) groups excluding carboxylic acids is 1. The van der Waals surface area contributed by atoms with E-state index in [1.54, 1.807) is 34.6 Å². The summed E-state index contributed by atoms with van der Waals surface area (Å²) >= 11 is 6.86. The summed E-state index contributed by atoms with van der Waals surface area (Å²) < 4.78 is 15.0. The first-order valence-electron chi connectivity index (χ1n) is 7.44. The fourth-order valence-electron chi connectivity index (χ4n) is 2.31. The maximum atomic E-state index is 13.4. The first-order valence-corrected chi connectivity index (χ1v) is 8.70. The molecule has 0 atom stereocenters. The van der Waals surface area contributed by atoms with Gasteiger partial charge in [-0.2, -0.15) is 5.10 Å². The first-order chi connectivity index (χ1) is 12.6. The van der Waals surface area contributed by atoms with Gasteiger partial charge in [0.15, 0.2) is 16.6 Å². The van der Waals surface area contributed by atoms with E-state index in [0.717, 1.165) is 5.56 Å². The van der Waals surface area contributed by atoms with Crippen LogP contribution in [-0.2, 0) is 6.54 Å². The Balaban J connectivity index is 1.50. The van der Waals surface area contributed by atoms with Crippen molar-refractivity contribution in [2.75, 3.05) is 0 Å². The molecule has 0 aromatic carbocycles. The zero-order valence-electron chi connectivity index (χ0n) is 13.1. The van der Waals surface area contributed by atoms with Crippen molar-refractivity contribution in [2.24, 2.45) is 0 Å². The summed E-state index contributed by atoms with van der Waals surface area (Å²) in [7, 11) is 0. The molecule has 0 saturated carbocycles. The molecule has 4 rings (SSSR count). The van der Waals surface area contributed by atoms with Crippen LogP contribution in [0.2, 0.25) is 5.15 Å². The van der Waals surface area contributed by atoms with E-state index in [2.05, 4.69) is 25.4 Å². The fraction of sp³-hybridized carbons (Fsp3) is 0.0625. The highest BCUT2D eigenvalue weighted by atomic mass is 35.5. The minimum Gasteiger partial charge on any atom is -0.347 e. The molecule has 0 aliphatic carbocycles. The second-order valence-corrected chi connectivity index (χ2v) is 6.50. The second-order valence-electron chi connectivity index (χ2n) is 5.28. The van der Waals surface area contributed by atoms with Crippen molar-refractivity contribution in [3.63, 3.8) is 0 Å². The third kappa shape index (κ3) is 3.14. The number of rotatable bonds is 4. The Labute approximate surface area is 155 Å². The van der Waals surface area contributed by atoms with Crippen LogP contribution >= 0.6 is 22.9 Å². The van der Waals surface area contributed by atoms with Crippen molar-refractivity contribution in [1.82, 2.24) is 29.9 Å². The SMILES string of the molecule is O=C(NCc1cnc(Cl)c(F)c1)c1csc(-c2cnn3cccnc23)n1. The number of pyridine rings is 1. The highest BCUT2D eigenvalue weighted by Crippen LogP contribution is 2.26. The molecule has 0 fully saturated rings. The summed E-state index contributed by atoms with van der Waals surface area (Å²) in [5.74, 6) is -0.998. The molecule has 0 spiro atoms. The average Bonchev–Trinajstić information content (AvgIpc) is 3.29. The number of amides is 1. The van der Waals surface area contributed by atoms with Crippen LogP contribution in [0.3, 0.4) is 0 Å². The van der Waals surface area contributed by atoms with Crippen LogP contribution in [-0.4, -0.2) is 30.5 Å². The Kier molecular flexibility index (Phi) is 4.31. The number of nitrogens with zero attached hydrogens (tertiary/aromatic N) is 5. The van der Waals surface area contributed by atoms with Gasteiger partial charge >= 0.3 is 0 Å². The summed E-state index contributed by atoms with van der Waals surface area (Å²) in [6.07, 6.45) is 6.52. The number of aromatic nitrogens is 5. The highest BCUT2D eigenvalue weighted by Gasteiger charge is 2.15. The smallest absolute Gasteiger partial charge is 0.271 e. The van der Waals surface area contributed by atoms with E-state index < -0.39 is 5.82 Å². The summed E-state index contributed by atoms with van der Waals surface area (Å²) in [4.78, 5) is 24.6. The van der Waals surface area contributed by atoms with Gasteiger partial charge in [0.05, 0.1) is 11.8 Å². The van der Waals surface area contributed by atoms with Crippen molar-refractivity contribution < 1.29 is 9.18 Å². The molecular weight excluding hydrogens is 379 g/mol. The van der Waals surface area contributed by atoms with Crippen molar-refractivity contribution in [3.8, 4) is 10.6 Å². The van der Waals surface area contributed by atoms with Crippen LogP contribution in [0, 0.1) is 5.82 Å². The minimum absolute atomic E-state index is 0.116. The lowest BCUT2D eigenvalue weighted by Crippen LogP contribution is -2.23. The normalized spacial score (nSPS) is 11.0. The van der Waals surface area contributed by atoms with Gasteiger partial charge in [0.2, 0.25) is 0 Å². The Bertz CT molecular complexity index is 1110. The molecule has 4 heterocycles. The number of thiazole rings is 1. The topological polar surface area (TPSA) is 85.1 Å². The average molecular weight is 389 g/mol. The number of carbonyl (C=O) groups is 1. The Morgan fingerprint density at radius 3 is 3.08 bits per heavy atom. The zero-order valence-corrected chi connectivity index (χ0v) is 14.6. The largest absolute Gasteiger partial charge is 0.347 e. The van der Waals surface area contributed by atoms with Crippen LogP contribution in [0.4, 0.5) is 4.39 Å². The lowest BCUT2D eigenvalue weighted by atomic mass is 10.3. The van der Waals surface area contributed by atoms with Gasteiger partial charge in [-0.15, -0.1) is 11.3 Å². The summed E-state index contributed by atoms with van der Waals surface area (Å²) in [5.41, 5.74) is 2.18. The molecular formula is C16H10ClFN6OS. The van der Waals surface area contributed by atoms with Gasteiger partial charge in [0.1, 0.15) is 10.7 Å². The molecule has 7 nitrogen and oxygen atoms in total. The third-order valence-corrected chi connectivity index (χ3v) is 4.71. The van der Waals surface area contributed by atoms with Gasteiger partial charge in [-0.3, -0.25) is 4.79 Å². The lowest BCUT2D eigenvalue weighted by molar-refractivity contribution is 0.0946. The molecule has 0 aliphatic rings. The molecule has 1 amide bonds. The highest BCUT2D eigenvalue weighted by molar-refractivity contribution is 7.13. The predicted octanol–water partition coefficient (Wildman–Crippen LogP) is 2.97. The predicted molar refractivity (Wildman–Crippen MR) is 94.5 cm³/mol. The quantitative estimate of drug-likeness (QED) is 0.543. The molecule has 0 radical (unpaired) electrons. The van der Waals surface area contributed by atoms with Crippen LogP contribution in [0.25, 0.3) is 16.2 Å². The van der Waals surface area contributed by atoms with E-state index in [0.29, 0.717) is 16.2 Å². The summed E-state index contributed by atoms with van der Waals surface area (Å²) in [6.45, 7) is 0.116. The molecule has 4 aromatic rings. The van der Waals surface area contributed by atoms with Crippen LogP contribution in [0.5, 0.6) is 0 Å². The van der Waals surface area contributed by atoms with Crippen LogP contribution < -0.4 is 5.32 Å². The fourth-order valence-corrected chi connectivity index (χ4v) is 3.22. The molecule has 1 N–H and O–H groups in total. The summed E-state index contributed by atoms with van der Waals surface area (Å²) in [5, 5.41) is 8.97. The van der Waals surface area contributed by atoms with E-state index in [4.69, 9.17) is 11.6 Å². The van der Waals surface area contributed by atoms with Crippen molar-refractivity contribution in [3.05, 3.63) is 64.5 Å². The maximum absolute atomic E-state index is 13.4. The van der Waals surface area contributed by atoms with E-state index in [9.17, 15) is 9.18 Å².